The maximum absolute atomic E-state index is 10.9. The third kappa shape index (κ3) is 2.07. The number of phenolic OH excluding ortho intramolecular Hbond substituents is 1. The Hall–Kier alpha value is -0.450. The van der Waals surface area contributed by atoms with Crippen molar-refractivity contribution in [2.24, 2.45) is 0 Å². The van der Waals surface area contributed by atoms with Gasteiger partial charge >= 0.3 is 0 Å². The first-order valence-corrected chi connectivity index (χ1v) is 5.95. The molecule has 0 saturated heterocycles. The van der Waals surface area contributed by atoms with Crippen LogP contribution in [-0.2, 0) is 9.05 Å². The van der Waals surface area contributed by atoms with Crippen LogP contribution in [0.1, 0.15) is 5.56 Å². The van der Waals surface area contributed by atoms with Crippen molar-refractivity contribution in [3.63, 3.8) is 0 Å². The van der Waals surface area contributed by atoms with Crippen LogP contribution in [0.2, 0.25) is 5.02 Å². The average Bonchev–Trinajstić information content (AvgIpc) is 1.98. The Balaban J connectivity index is 3.53. The molecule has 0 aliphatic heterocycles. The monoisotopic (exact) mass is 240 g/mol. The van der Waals surface area contributed by atoms with Gasteiger partial charge in [-0.05, 0) is 19.1 Å². The van der Waals surface area contributed by atoms with Crippen molar-refractivity contribution < 1.29 is 13.5 Å². The SMILES string of the molecule is Cc1c(Cl)ccc(S(=O)(=O)Cl)c1O. The third-order valence-corrected chi connectivity index (χ3v) is 3.35. The van der Waals surface area contributed by atoms with Gasteiger partial charge in [-0.2, -0.15) is 0 Å². The molecule has 0 atom stereocenters. The van der Waals surface area contributed by atoms with Gasteiger partial charge in [-0.15, -0.1) is 0 Å². The van der Waals surface area contributed by atoms with Crippen molar-refractivity contribution in [2.75, 3.05) is 0 Å². The Morgan fingerprint density at radius 2 is 1.92 bits per heavy atom. The lowest BCUT2D eigenvalue weighted by Gasteiger charge is -2.04. The number of halogens is 2. The Bertz CT molecular complexity index is 439. The number of hydrogen-bond acceptors (Lipinski definition) is 3. The van der Waals surface area contributed by atoms with Crippen LogP contribution >= 0.6 is 22.3 Å². The summed E-state index contributed by atoms with van der Waals surface area (Å²) in [5.74, 6) is -0.400. The lowest BCUT2D eigenvalue weighted by Crippen LogP contribution is -1.92. The zero-order chi connectivity index (χ0) is 10.2. The van der Waals surface area contributed by atoms with Crippen LogP contribution in [-0.4, -0.2) is 13.5 Å². The van der Waals surface area contributed by atoms with E-state index in [4.69, 9.17) is 22.3 Å². The van der Waals surface area contributed by atoms with E-state index >= 15 is 0 Å². The van der Waals surface area contributed by atoms with E-state index in [1.54, 1.807) is 0 Å². The fourth-order valence-electron chi connectivity index (χ4n) is 0.847. The Labute approximate surface area is 85.3 Å². The first kappa shape index (κ1) is 10.6. The molecule has 3 nitrogen and oxygen atoms in total. The van der Waals surface area contributed by atoms with Crippen LogP contribution < -0.4 is 0 Å². The van der Waals surface area contributed by atoms with Crippen molar-refractivity contribution in [3.8, 4) is 5.75 Å². The van der Waals surface area contributed by atoms with Gasteiger partial charge in [-0.1, -0.05) is 11.6 Å². The molecule has 0 fully saturated rings. The number of aromatic hydroxyl groups is 1. The number of rotatable bonds is 1. The lowest BCUT2D eigenvalue weighted by molar-refractivity contribution is 0.455. The highest BCUT2D eigenvalue weighted by Crippen LogP contribution is 2.33. The Morgan fingerprint density at radius 1 is 1.38 bits per heavy atom. The summed E-state index contributed by atoms with van der Waals surface area (Å²) in [6.45, 7) is 1.50. The molecule has 0 aliphatic carbocycles. The van der Waals surface area contributed by atoms with E-state index in [0.29, 0.717) is 10.6 Å². The molecule has 72 valence electrons. The summed E-state index contributed by atoms with van der Waals surface area (Å²) in [7, 11) is 1.15. The van der Waals surface area contributed by atoms with E-state index in [1.165, 1.54) is 13.0 Å². The van der Waals surface area contributed by atoms with Crippen molar-refractivity contribution in [3.05, 3.63) is 22.7 Å². The van der Waals surface area contributed by atoms with Crippen LogP contribution in [0.25, 0.3) is 0 Å². The van der Waals surface area contributed by atoms with Crippen LogP contribution in [0.4, 0.5) is 0 Å². The Kier molecular flexibility index (Phi) is 2.75. The molecular formula is C7H6Cl2O3S. The minimum Gasteiger partial charge on any atom is -0.506 e. The molecule has 0 radical (unpaired) electrons. The van der Waals surface area contributed by atoms with Crippen molar-refractivity contribution in [1.29, 1.82) is 0 Å². The lowest BCUT2D eigenvalue weighted by atomic mass is 10.2. The molecule has 1 rings (SSSR count). The van der Waals surface area contributed by atoms with E-state index < -0.39 is 14.8 Å². The molecule has 0 heterocycles. The molecule has 1 aromatic carbocycles. The normalized spacial score (nSPS) is 11.6. The third-order valence-electron chi connectivity index (χ3n) is 1.59. The predicted octanol–water partition coefficient (Wildman–Crippen LogP) is 2.28. The highest BCUT2D eigenvalue weighted by molar-refractivity contribution is 8.13. The first-order chi connectivity index (χ1) is 5.84. The molecular weight excluding hydrogens is 235 g/mol. The summed E-state index contributed by atoms with van der Waals surface area (Å²) in [5, 5.41) is 9.66. The largest absolute Gasteiger partial charge is 0.506 e. The van der Waals surface area contributed by atoms with E-state index in [9.17, 15) is 13.5 Å². The van der Waals surface area contributed by atoms with E-state index in [1.807, 2.05) is 0 Å². The summed E-state index contributed by atoms with van der Waals surface area (Å²) in [6.07, 6.45) is 0. The van der Waals surface area contributed by atoms with Gasteiger partial charge in [0.1, 0.15) is 10.6 Å². The first-order valence-electron chi connectivity index (χ1n) is 3.27. The van der Waals surface area contributed by atoms with Crippen LogP contribution in [0, 0.1) is 6.92 Å². The maximum Gasteiger partial charge on any atom is 0.264 e. The predicted molar refractivity (Wildman–Crippen MR) is 50.9 cm³/mol. The Morgan fingerprint density at radius 3 is 2.38 bits per heavy atom. The molecule has 0 saturated carbocycles. The van der Waals surface area contributed by atoms with Crippen molar-refractivity contribution >= 4 is 31.3 Å². The van der Waals surface area contributed by atoms with Gasteiger partial charge in [0.05, 0.1) is 0 Å². The van der Waals surface area contributed by atoms with E-state index in [2.05, 4.69) is 0 Å². The molecule has 1 N–H and O–H groups in total. The number of hydrogen-bond donors (Lipinski definition) is 1. The summed E-state index contributed by atoms with van der Waals surface area (Å²) in [6, 6.07) is 2.53. The van der Waals surface area contributed by atoms with Crippen molar-refractivity contribution in [2.45, 2.75) is 11.8 Å². The molecule has 0 bridgehead atoms. The smallest absolute Gasteiger partial charge is 0.264 e. The maximum atomic E-state index is 10.9. The summed E-state index contributed by atoms with van der Waals surface area (Å²) in [5.41, 5.74) is 0.295. The molecule has 0 aromatic heterocycles. The van der Waals surface area contributed by atoms with E-state index in [-0.39, 0.29) is 4.90 Å². The summed E-state index contributed by atoms with van der Waals surface area (Å²) >= 11 is 5.64. The van der Waals surface area contributed by atoms with Crippen LogP contribution in [0.3, 0.4) is 0 Å². The standard InChI is InChI=1S/C7H6Cl2O3S/c1-4-5(8)2-3-6(7(4)10)13(9,11)12/h2-3,10H,1H3. The van der Waals surface area contributed by atoms with Gasteiger partial charge in [0.25, 0.3) is 9.05 Å². The highest BCUT2D eigenvalue weighted by atomic mass is 35.7. The molecule has 0 aliphatic rings. The molecule has 1 aromatic rings. The summed E-state index contributed by atoms with van der Waals surface area (Å²) < 4.78 is 21.8. The molecule has 0 unspecified atom stereocenters. The number of benzene rings is 1. The number of phenols is 1. The van der Waals surface area contributed by atoms with Crippen molar-refractivity contribution in [1.82, 2.24) is 0 Å². The van der Waals surface area contributed by atoms with Gasteiger partial charge in [-0.3, -0.25) is 0 Å². The molecule has 6 heteroatoms. The van der Waals surface area contributed by atoms with Gasteiger partial charge in [-0.25, -0.2) is 8.42 Å². The fraction of sp³-hybridized carbons (Fsp3) is 0.143. The van der Waals surface area contributed by atoms with Crippen LogP contribution in [0.5, 0.6) is 5.75 Å². The molecule has 13 heavy (non-hydrogen) atoms. The van der Waals surface area contributed by atoms with Crippen LogP contribution in [0.15, 0.2) is 17.0 Å². The van der Waals surface area contributed by atoms with Gasteiger partial charge in [0, 0.05) is 21.3 Å². The van der Waals surface area contributed by atoms with Gasteiger partial charge in [0.15, 0.2) is 0 Å². The molecule has 0 amide bonds. The fourth-order valence-corrected chi connectivity index (χ4v) is 1.99. The topological polar surface area (TPSA) is 54.4 Å². The molecule has 0 spiro atoms. The second kappa shape index (κ2) is 3.36. The van der Waals surface area contributed by atoms with Gasteiger partial charge in [0.2, 0.25) is 0 Å². The second-order valence-corrected chi connectivity index (χ2v) is 5.40. The van der Waals surface area contributed by atoms with Gasteiger partial charge < -0.3 is 5.11 Å². The minimum absolute atomic E-state index is 0.293. The average molecular weight is 241 g/mol. The zero-order valence-electron chi connectivity index (χ0n) is 6.58. The minimum atomic E-state index is -3.91. The highest BCUT2D eigenvalue weighted by Gasteiger charge is 2.17. The van der Waals surface area contributed by atoms with E-state index in [0.717, 1.165) is 6.07 Å². The summed E-state index contributed by atoms with van der Waals surface area (Å²) in [4.78, 5) is -0.323. The zero-order valence-corrected chi connectivity index (χ0v) is 8.91. The quantitative estimate of drug-likeness (QED) is 0.767. The second-order valence-electron chi connectivity index (χ2n) is 2.46.